The lowest BCUT2D eigenvalue weighted by molar-refractivity contribution is 0.0838. The number of likely N-dealkylation sites (N-methyl/N-ethyl adjacent to an activating group) is 1. The average Bonchev–Trinajstić information content (AvgIpc) is 3.17. The number of fused-ring (bicyclic) bond motifs is 1. The second-order valence-electron chi connectivity index (χ2n) is 6.45. The number of nitriles is 1. The Bertz CT molecular complexity index is 360. The number of nitrogens with one attached hydrogen (secondary N) is 1. The van der Waals surface area contributed by atoms with Gasteiger partial charge in [0.15, 0.2) is 0 Å². The first kappa shape index (κ1) is 13.4. The molecule has 1 saturated carbocycles. The van der Waals surface area contributed by atoms with E-state index in [9.17, 15) is 5.26 Å². The lowest BCUT2D eigenvalue weighted by Crippen LogP contribution is -2.59. The zero-order chi connectivity index (χ0) is 13.3. The first-order valence-corrected chi connectivity index (χ1v) is 7.90. The van der Waals surface area contributed by atoms with Crippen molar-refractivity contribution in [2.24, 2.45) is 5.92 Å². The largest absolute Gasteiger partial charge is 0.298 e. The summed E-state index contributed by atoms with van der Waals surface area (Å²) in [5.41, 5.74) is -0.282. The number of piperazine rings is 1. The Morgan fingerprint density at radius 1 is 1.26 bits per heavy atom. The molecule has 0 aromatic rings. The molecule has 2 saturated heterocycles. The van der Waals surface area contributed by atoms with Gasteiger partial charge in [0, 0.05) is 32.2 Å². The van der Waals surface area contributed by atoms with E-state index in [-0.39, 0.29) is 5.54 Å². The third-order valence-corrected chi connectivity index (χ3v) is 5.11. The highest BCUT2D eigenvalue weighted by Gasteiger charge is 2.47. The molecule has 0 amide bonds. The molecule has 4 heteroatoms. The van der Waals surface area contributed by atoms with Gasteiger partial charge in [0.1, 0.15) is 5.54 Å². The van der Waals surface area contributed by atoms with E-state index in [0.29, 0.717) is 5.92 Å². The van der Waals surface area contributed by atoms with E-state index < -0.39 is 0 Å². The van der Waals surface area contributed by atoms with Crippen LogP contribution in [0.3, 0.4) is 0 Å². The highest BCUT2D eigenvalue weighted by atomic mass is 15.3. The van der Waals surface area contributed by atoms with Gasteiger partial charge in [0.2, 0.25) is 0 Å². The molecule has 2 aliphatic heterocycles. The minimum absolute atomic E-state index is 0.282. The first-order chi connectivity index (χ1) is 9.27. The molecule has 19 heavy (non-hydrogen) atoms. The molecule has 3 fully saturated rings. The predicted octanol–water partition coefficient (Wildman–Crippen LogP) is 1.05. The van der Waals surface area contributed by atoms with E-state index in [0.717, 1.165) is 25.7 Å². The Labute approximate surface area is 116 Å². The Morgan fingerprint density at radius 3 is 2.79 bits per heavy atom. The normalized spacial score (nSPS) is 31.7. The van der Waals surface area contributed by atoms with Crippen LogP contribution in [0.1, 0.15) is 32.6 Å². The number of hydrogen-bond donors (Lipinski definition) is 1. The van der Waals surface area contributed by atoms with Gasteiger partial charge >= 0.3 is 0 Å². The van der Waals surface area contributed by atoms with Crippen LogP contribution in [0.4, 0.5) is 0 Å². The van der Waals surface area contributed by atoms with E-state index in [2.05, 4.69) is 28.1 Å². The van der Waals surface area contributed by atoms with Gasteiger partial charge in [-0.25, -0.2) is 0 Å². The molecule has 1 aliphatic carbocycles. The standard InChI is InChI=1S/C15H26N4/c1-2-17-15(11-16,13-5-6-13)12-18-8-9-19-7-3-4-14(19)10-18/h13-14,17H,2-10,12H2,1H3. The van der Waals surface area contributed by atoms with Crippen LogP contribution in [0.5, 0.6) is 0 Å². The fourth-order valence-corrected chi connectivity index (χ4v) is 3.94. The summed E-state index contributed by atoms with van der Waals surface area (Å²) in [5, 5.41) is 13.2. The quantitative estimate of drug-likeness (QED) is 0.804. The molecule has 0 aromatic heterocycles. The number of hydrogen-bond acceptors (Lipinski definition) is 4. The monoisotopic (exact) mass is 262 g/mol. The maximum Gasteiger partial charge on any atom is 0.122 e. The van der Waals surface area contributed by atoms with E-state index in [1.165, 1.54) is 45.3 Å². The van der Waals surface area contributed by atoms with Crippen LogP contribution in [0.25, 0.3) is 0 Å². The van der Waals surface area contributed by atoms with Crippen LogP contribution < -0.4 is 5.32 Å². The molecule has 2 heterocycles. The molecule has 0 radical (unpaired) electrons. The van der Waals surface area contributed by atoms with Gasteiger partial charge in [0.05, 0.1) is 6.07 Å². The second-order valence-corrected chi connectivity index (χ2v) is 6.45. The summed E-state index contributed by atoms with van der Waals surface area (Å²) < 4.78 is 0. The van der Waals surface area contributed by atoms with Crippen molar-refractivity contribution in [3.8, 4) is 6.07 Å². The van der Waals surface area contributed by atoms with Crippen LogP contribution in [-0.2, 0) is 0 Å². The molecule has 0 spiro atoms. The van der Waals surface area contributed by atoms with Crippen LogP contribution >= 0.6 is 0 Å². The Morgan fingerprint density at radius 2 is 2.11 bits per heavy atom. The molecule has 0 aromatic carbocycles. The number of rotatable bonds is 5. The minimum atomic E-state index is -0.282. The third kappa shape index (κ3) is 2.65. The predicted molar refractivity (Wildman–Crippen MR) is 75.8 cm³/mol. The molecule has 3 aliphatic rings. The van der Waals surface area contributed by atoms with Gasteiger partial charge in [-0.3, -0.25) is 15.1 Å². The van der Waals surface area contributed by atoms with E-state index in [1.54, 1.807) is 0 Å². The molecule has 3 rings (SSSR count). The van der Waals surface area contributed by atoms with E-state index >= 15 is 0 Å². The Balaban J connectivity index is 1.64. The second kappa shape index (κ2) is 5.40. The highest BCUT2D eigenvalue weighted by molar-refractivity contribution is 5.17. The molecule has 2 atom stereocenters. The zero-order valence-electron chi connectivity index (χ0n) is 12.1. The Hall–Kier alpha value is -0.630. The smallest absolute Gasteiger partial charge is 0.122 e. The first-order valence-electron chi connectivity index (χ1n) is 7.90. The molecular formula is C15H26N4. The van der Waals surface area contributed by atoms with Crippen molar-refractivity contribution >= 4 is 0 Å². The van der Waals surface area contributed by atoms with Gasteiger partial charge in [-0.05, 0) is 44.7 Å². The molecule has 4 nitrogen and oxygen atoms in total. The fraction of sp³-hybridized carbons (Fsp3) is 0.933. The maximum absolute atomic E-state index is 9.69. The fourth-order valence-electron chi connectivity index (χ4n) is 3.94. The van der Waals surface area contributed by atoms with Crippen molar-refractivity contribution in [1.82, 2.24) is 15.1 Å². The van der Waals surface area contributed by atoms with Crippen molar-refractivity contribution in [2.45, 2.75) is 44.2 Å². The maximum atomic E-state index is 9.69. The van der Waals surface area contributed by atoms with Crippen molar-refractivity contribution < 1.29 is 0 Å². The lowest BCUT2D eigenvalue weighted by atomic mass is 9.93. The van der Waals surface area contributed by atoms with Crippen LogP contribution in [0, 0.1) is 17.2 Å². The van der Waals surface area contributed by atoms with E-state index in [4.69, 9.17) is 0 Å². The summed E-state index contributed by atoms with van der Waals surface area (Å²) in [7, 11) is 0. The Kier molecular flexibility index (Phi) is 3.79. The van der Waals surface area contributed by atoms with Crippen molar-refractivity contribution in [3.05, 3.63) is 0 Å². The summed E-state index contributed by atoms with van der Waals surface area (Å²) in [6, 6.07) is 3.37. The molecule has 2 unspecified atom stereocenters. The molecule has 106 valence electrons. The van der Waals surface area contributed by atoms with Crippen molar-refractivity contribution in [1.29, 1.82) is 5.26 Å². The number of nitrogens with zero attached hydrogens (tertiary/aromatic N) is 3. The summed E-state index contributed by atoms with van der Waals surface area (Å²) in [6.07, 6.45) is 5.16. The summed E-state index contributed by atoms with van der Waals surface area (Å²) >= 11 is 0. The molecular weight excluding hydrogens is 236 g/mol. The van der Waals surface area contributed by atoms with E-state index in [1.807, 2.05) is 0 Å². The SMILES string of the molecule is CCNC(C#N)(CN1CCN2CCCC2C1)C1CC1. The topological polar surface area (TPSA) is 42.3 Å². The summed E-state index contributed by atoms with van der Waals surface area (Å²) in [4.78, 5) is 5.17. The molecule has 0 bridgehead atoms. The lowest BCUT2D eigenvalue weighted by Gasteiger charge is -2.41. The summed E-state index contributed by atoms with van der Waals surface area (Å²) in [5.74, 6) is 0.582. The van der Waals surface area contributed by atoms with Gasteiger partial charge in [-0.2, -0.15) is 5.26 Å². The average molecular weight is 262 g/mol. The van der Waals surface area contributed by atoms with Crippen molar-refractivity contribution in [3.63, 3.8) is 0 Å². The van der Waals surface area contributed by atoms with Crippen molar-refractivity contribution in [2.75, 3.05) is 39.3 Å². The highest BCUT2D eigenvalue weighted by Crippen LogP contribution is 2.40. The zero-order valence-corrected chi connectivity index (χ0v) is 12.1. The van der Waals surface area contributed by atoms with Gasteiger partial charge in [-0.1, -0.05) is 6.92 Å². The minimum Gasteiger partial charge on any atom is -0.298 e. The van der Waals surface area contributed by atoms with Crippen LogP contribution in [-0.4, -0.2) is 60.6 Å². The van der Waals surface area contributed by atoms with Crippen LogP contribution in [0.2, 0.25) is 0 Å². The van der Waals surface area contributed by atoms with Gasteiger partial charge in [-0.15, -0.1) is 0 Å². The van der Waals surface area contributed by atoms with Gasteiger partial charge < -0.3 is 0 Å². The van der Waals surface area contributed by atoms with Gasteiger partial charge in [0.25, 0.3) is 0 Å². The van der Waals surface area contributed by atoms with Crippen LogP contribution in [0.15, 0.2) is 0 Å². The summed E-state index contributed by atoms with van der Waals surface area (Å²) in [6.45, 7) is 8.73. The third-order valence-electron chi connectivity index (χ3n) is 5.11. The molecule has 1 N–H and O–H groups in total.